The first-order valence-electron chi connectivity index (χ1n) is 18.2. The molecule has 2 N–H and O–H groups in total. The summed E-state index contributed by atoms with van der Waals surface area (Å²) >= 11 is 0. The van der Waals surface area contributed by atoms with E-state index in [0.29, 0.717) is 23.2 Å². The zero-order chi connectivity index (χ0) is 35.9. The molecule has 0 amide bonds. The van der Waals surface area contributed by atoms with Gasteiger partial charge in [0.05, 0.1) is 39.8 Å². The summed E-state index contributed by atoms with van der Waals surface area (Å²) in [4.78, 5) is 9.84. The molecule has 53 heavy (non-hydrogen) atoms. The van der Waals surface area contributed by atoms with Gasteiger partial charge in [0.2, 0.25) is 0 Å². The van der Waals surface area contributed by atoms with Crippen molar-refractivity contribution in [3.63, 3.8) is 0 Å². The molecule has 2 aliphatic heterocycles. The second kappa shape index (κ2) is 13.5. The van der Waals surface area contributed by atoms with Gasteiger partial charge < -0.3 is 25.0 Å². The molecule has 0 spiro atoms. The van der Waals surface area contributed by atoms with Gasteiger partial charge in [0.1, 0.15) is 11.9 Å². The fraction of sp³-hybridized carbons (Fsp3) is 0.128. The average molecular weight is 693 g/mol. The number of hydrogen-bond donors (Lipinski definition) is 1. The molecule has 260 valence electrons. The first-order chi connectivity index (χ1) is 26.0. The second-order valence-electron chi connectivity index (χ2n) is 13.9. The molecule has 0 saturated carbocycles. The lowest BCUT2D eigenvalue weighted by atomic mass is 9.88. The molecule has 5 aromatic rings. The van der Waals surface area contributed by atoms with Gasteiger partial charge in [-0.1, -0.05) is 105 Å². The van der Waals surface area contributed by atoms with Crippen LogP contribution in [0.25, 0.3) is 0 Å². The summed E-state index contributed by atoms with van der Waals surface area (Å²) in [5.41, 5.74) is 16.7. The monoisotopic (exact) mass is 692 g/mol. The molecule has 3 unspecified atom stereocenters. The smallest absolute Gasteiger partial charge is 0.151 e. The highest BCUT2D eigenvalue weighted by molar-refractivity contribution is 6.16. The zero-order valence-electron chi connectivity index (χ0n) is 29.6. The summed E-state index contributed by atoms with van der Waals surface area (Å²) in [5, 5.41) is 0. The summed E-state index contributed by atoms with van der Waals surface area (Å²) in [6.07, 6.45) is 14.3. The van der Waals surface area contributed by atoms with E-state index >= 15 is 0 Å². The van der Waals surface area contributed by atoms with E-state index in [-0.39, 0.29) is 6.10 Å². The third kappa shape index (κ3) is 6.02. The molecule has 0 bridgehead atoms. The number of anilines is 5. The summed E-state index contributed by atoms with van der Waals surface area (Å²) < 4.78 is 12.7. The van der Waals surface area contributed by atoms with E-state index in [1.165, 1.54) is 5.70 Å². The second-order valence-corrected chi connectivity index (χ2v) is 13.9. The molecule has 0 saturated heterocycles. The van der Waals surface area contributed by atoms with E-state index in [0.717, 1.165) is 75.4 Å². The Morgan fingerprint density at radius 1 is 0.792 bits per heavy atom. The summed E-state index contributed by atoms with van der Waals surface area (Å²) in [5.74, 6) is 3.19. The van der Waals surface area contributed by atoms with Crippen molar-refractivity contribution < 1.29 is 9.47 Å². The third-order valence-corrected chi connectivity index (χ3v) is 10.4. The fourth-order valence-electron chi connectivity index (χ4n) is 7.63. The number of fused-ring (bicyclic) bond motifs is 4. The summed E-state index contributed by atoms with van der Waals surface area (Å²) in [6, 6.07) is 40.8. The molecule has 5 aromatic carbocycles. The summed E-state index contributed by atoms with van der Waals surface area (Å²) in [7, 11) is 0. The standard InChI is InChI=1S/C47H40N4O2/c1-31-12-11-18-42-47(31)53-43-19-8-5-15-39(43)50(42)30-33-22-24-34(25-23-33)32(2)46(49-38-14-4-3-13-37(38)48)35-26-28-36(29-27-35)51-40-16-6-9-20-44(40)52-45-21-10-7-17-41(45)51/h3-22,24-29,31,33,47H,2,23,30,48H2,1H3. The van der Waals surface area contributed by atoms with Crippen LogP contribution in [0.5, 0.6) is 17.2 Å². The number of rotatable bonds is 7. The van der Waals surface area contributed by atoms with Crippen LogP contribution in [0.3, 0.4) is 0 Å². The van der Waals surface area contributed by atoms with E-state index in [9.17, 15) is 0 Å². The van der Waals surface area contributed by atoms with Crippen LogP contribution in [0, 0.1) is 11.8 Å². The Morgan fingerprint density at radius 2 is 1.45 bits per heavy atom. The van der Waals surface area contributed by atoms with Gasteiger partial charge in [0, 0.05) is 29.3 Å². The minimum atomic E-state index is 0.0108. The Bertz CT molecular complexity index is 2340. The molecule has 0 fully saturated rings. The molecule has 6 heteroatoms. The maximum atomic E-state index is 6.48. The van der Waals surface area contributed by atoms with Gasteiger partial charge in [-0.15, -0.1) is 0 Å². The van der Waals surface area contributed by atoms with Crippen molar-refractivity contribution in [2.75, 3.05) is 22.1 Å². The van der Waals surface area contributed by atoms with Crippen LogP contribution in [-0.2, 0) is 0 Å². The molecule has 0 radical (unpaired) electrons. The van der Waals surface area contributed by atoms with Crippen molar-refractivity contribution in [3.05, 3.63) is 187 Å². The minimum absolute atomic E-state index is 0.0108. The lowest BCUT2D eigenvalue weighted by Gasteiger charge is -2.42. The molecule has 2 heterocycles. The Labute approximate surface area is 310 Å². The van der Waals surface area contributed by atoms with E-state index in [1.807, 2.05) is 66.7 Å². The van der Waals surface area contributed by atoms with Crippen molar-refractivity contribution in [2.24, 2.45) is 16.8 Å². The van der Waals surface area contributed by atoms with Crippen molar-refractivity contribution in [3.8, 4) is 17.2 Å². The Hall–Kier alpha value is -6.53. The fourth-order valence-corrected chi connectivity index (χ4v) is 7.63. The van der Waals surface area contributed by atoms with Crippen LogP contribution < -0.4 is 25.0 Å². The number of nitrogens with two attached hydrogens (primary N) is 1. The van der Waals surface area contributed by atoms with Crippen LogP contribution in [0.4, 0.5) is 34.1 Å². The molecule has 3 atom stereocenters. The number of hydrogen-bond acceptors (Lipinski definition) is 6. The average Bonchev–Trinajstić information content (AvgIpc) is 3.20. The van der Waals surface area contributed by atoms with Crippen LogP contribution >= 0.6 is 0 Å². The maximum absolute atomic E-state index is 6.48. The van der Waals surface area contributed by atoms with E-state index in [1.54, 1.807) is 0 Å². The van der Waals surface area contributed by atoms with E-state index < -0.39 is 0 Å². The van der Waals surface area contributed by atoms with Crippen molar-refractivity contribution in [1.82, 2.24) is 0 Å². The predicted molar refractivity (Wildman–Crippen MR) is 217 cm³/mol. The molecule has 0 aromatic heterocycles. The first kappa shape index (κ1) is 32.4. The van der Waals surface area contributed by atoms with Crippen molar-refractivity contribution in [1.29, 1.82) is 0 Å². The van der Waals surface area contributed by atoms with Gasteiger partial charge in [0.15, 0.2) is 11.5 Å². The highest BCUT2D eigenvalue weighted by Crippen LogP contribution is 2.50. The number of allylic oxidation sites excluding steroid dienone is 6. The zero-order valence-corrected chi connectivity index (χ0v) is 29.6. The Morgan fingerprint density at radius 3 is 2.15 bits per heavy atom. The Balaban J connectivity index is 1.01. The number of para-hydroxylation sites is 8. The van der Waals surface area contributed by atoms with Crippen LogP contribution in [0.15, 0.2) is 186 Å². The molecular weight excluding hydrogens is 653 g/mol. The number of aliphatic imine (C=N–C) groups is 1. The lowest BCUT2D eigenvalue weighted by molar-refractivity contribution is 0.183. The van der Waals surface area contributed by atoms with Gasteiger partial charge >= 0.3 is 0 Å². The lowest BCUT2D eigenvalue weighted by Crippen LogP contribution is -2.43. The van der Waals surface area contributed by atoms with Gasteiger partial charge in [-0.25, -0.2) is 4.99 Å². The van der Waals surface area contributed by atoms with Crippen LogP contribution in [0.1, 0.15) is 18.9 Å². The van der Waals surface area contributed by atoms with E-state index in [2.05, 4.69) is 114 Å². The largest absolute Gasteiger partial charge is 0.481 e. The normalized spacial score (nSPS) is 19.8. The van der Waals surface area contributed by atoms with Crippen molar-refractivity contribution >= 4 is 39.8 Å². The predicted octanol–water partition coefficient (Wildman–Crippen LogP) is 11.4. The number of ether oxygens (including phenoxy) is 2. The van der Waals surface area contributed by atoms with Gasteiger partial charge in [-0.05, 0) is 84.7 Å². The van der Waals surface area contributed by atoms with Gasteiger partial charge in [-0.2, -0.15) is 0 Å². The number of benzene rings is 5. The van der Waals surface area contributed by atoms with E-state index in [4.69, 9.17) is 20.2 Å². The third-order valence-electron chi connectivity index (χ3n) is 10.4. The highest BCUT2D eigenvalue weighted by atomic mass is 16.5. The topological polar surface area (TPSA) is 63.3 Å². The van der Waals surface area contributed by atoms with Crippen molar-refractivity contribution in [2.45, 2.75) is 19.4 Å². The maximum Gasteiger partial charge on any atom is 0.151 e. The van der Waals surface area contributed by atoms with Crippen LogP contribution in [-0.4, -0.2) is 18.4 Å². The highest BCUT2D eigenvalue weighted by Gasteiger charge is 2.35. The first-order valence-corrected chi connectivity index (χ1v) is 18.2. The molecule has 2 aliphatic carbocycles. The minimum Gasteiger partial charge on any atom is -0.481 e. The van der Waals surface area contributed by atoms with Gasteiger partial charge in [-0.3, -0.25) is 0 Å². The van der Waals surface area contributed by atoms with Gasteiger partial charge in [0.25, 0.3) is 0 Å². The Kier molecular flexibility index (Phi) is 8.28. The van der Waals surface area contributed by atoms with Crippen LogP contribution in [0.2, 0.25) is 0 Å². The molecule has 9 rings (SSSR count). The molecular formula is C47H40N4O2. The molecule has 6 nitrogen and oxygen atoms in total. The molecule has 4 aliphatic rings. The SMILES string of the molecule is C=C(C1=CCC(CN2C3=CC=CC(C)C3Oc3ccccc32)C=C1)C(=Nc1ccccc1N)c1ccc(N2c3ccccc3Oc3ccccc32)cc1. The quantitative estimate of drug-likeness (QED) is 0.133. The summed E-state index contributed by atoms with van der Waals surface area (Å²) in [6.45, 7) is 7.70. The number of nitrogens with zero attached hydrogens (tertiary/aromatic N) is 3. The number of nitrogen functional groups attached to an aromatic ring is 1.